The molecule has 19 heavy (non-hydrogen) atoms. The van der Waals surface area contributed by atoms with Gasteiger partial charge in [-0.15, -0.1) is 11.3 Å². The molecule has 0 aromatic carbocycles. The van der Waals surface area contributed by atoms with Crippen molar-refractivity contribution < 1.29 is 0 Å². The third kappa shape index (κ3) is 4.55. The summed E-state index contributed by atoms with van der Waals surface area (Å²) in [5.41, 5.74) is 1.24. The van der Waals surface area contributed by atoms with Crippen molar-refractivity contribution in [2.75, 3.05) is 13.1 Å². The molecule has 2 heterocycles. The maximum Gasteiger partial charge on any atom is 0.0926 e. The van der Waals surface area contributed by atoms with Gasteiger partial charge in [-0.2, -0.15) is 0 Å². The van der Waals surface area contributed by atoms with E-state index in [1.54, 1.807) is 11.3 Å². The van der Waals surface area contributed by atoms with Crippen molar-refractivity contribution in [2.45, 2.75) is 65.1 Å². The van der Waals surface area contributed by atoms with Crippen LogP contribution in [0.25, 0.3) is 0 Å². The number of rotatable bonds is 6. The minimum Gasteiger partial charge on any atom is -0.313 e. The zero-order valence-electron chi connectivity index (χ0n) is 12.5. The summed E-state index contributed by atoms with van der Waals surface area (Å²) in [6, 6.07) is 1.25. The first-order valence-electron chi connectivity index (χ1n) is 7.59. The lowest BCUT2D eigenvalue weighted by Crippen LogP contribution is -2.45. The van der Waals surface area contributed by atoms with Crippen molar-refractivity contribution >= 4 is 11.3 Å². The van der Waals surface area contributed by atoms with E-state index in [1.165, 1.54) is 36.5 Å². The van der Waals surface area contributed by atoms with Gasteiger partial charge in [0.1, 0.15) is 0 Å². The second-order valence-corrected chi connectivity index (χ2v) is 6.70. The highest BCUT2D eigenvalue weighted by Crippen LogP contribution is 2.16. The second kappa shape index (κ2) is 7.36. The van der Waals surface area contributed by atoms with Gasteiger partial charge in [0, 0.05) is 30.6 Å². The molecule has 3 nitrogen and oxygen atoms in total. The Kier molecular flexibility index (Phi) is 5.79. The van der Waals surface area contributed by atoms with Crippen molar-refractivity contribution in [3.05, 3.63) is 16.1 Å². The number of aromatic nitrogens is 1. The van der Waals surface area contributed by atoms with E-state index < -0.39 is 0 Å². The van der Waals surface area contributed by atoms with E-state index >= 15 is 0 Å². The third-order valence-electron chi connectivity index (χ3n) is 3.86. The first kappa shape index (κ1) is 14.9. The van der Waals surface area contributed by atoms with Crippen LogP contribution in [-0.2, 0) is 13.0 Å². The van der Waals surface area contributed by atoms with Crippen LogP contribution in [0.1, 0.15) is 50.7 Å². The molecule has 1 atom stereocenters. The first-order valence-corrected chi connectivity index (χ1v) is 8.47. The number of piperidine rings is 1. The van der Waals surface area contributed by atoms with Crippen LogP contribution in [0.2, 0.25) is 0 Å². The SMILES string of the molecule is CCc1nc(CN(CC2CCCCN2)C(C)C)cs1. The van der Waals surface area contributed by atoms with Gasteiger partial charge in [-0.25, -0.2) is 4.98 Å². The van der Waals surface area contributed by atoms with E-state index in [4.69, 9.17) is 4.98 Å². The minimum absolute atomic E-state index is 0.579. The van der Waals surface area contributed by atoms with Crippen LogP contribution in [0, 0.1) is 0 Å². The van der Waals surface area contributed by atoms with Crippen molar-refractivity contribution in [1.29, 1.82) is 0 Å². The summed E-state index contributed by atoms with van der Waals surface area (Å²) in [6.07, 6.45) is 5.08. The monoisotopic (exact) mass is 281 g/mol. The Labute approximate surface area is 121 Å². The van der Waals surface area contributed by atoms with Gasteiger partial charge >= 0.3 is 0 Å². The fraction of sp³-hybridized carbons (Fsp3) is 0.800. The van der Waals surface area contributed by atoms with Gasteiger partial charge < -0.3 is 5.32 Å². The molecule has 1 aliphatic rings. The second-order valence-electron chi connectivity index (χ2n) is 5.76. The normalized spacial score (nSPS) is 20.4. The van der Waals surface area contributed by atoms with E-state index in [0.29, 0.717) is 12.1 Å². The molecule has 108 valence electrons. The summed E-state index contributed by atoms with van der Waals surface area (Å²) in [6.45, 7) is 10.1. The van der Waals surface area contributed by atoms with Crippen molar-refractivity contribution in [3.8, 4) is 0 Å². The summed E-state index contributed by atoms with van der Waals surface area (Å²) in [5.74, 6) is 0. The average Bonchev–Trinajstić information content (AvgIpc) is 2.87. The highest BCUT2D eigenvalue weighted by molar-refractivity contribution is 7.09. The number of hydrogen-bond donors (Lipinski definition) is 1. The molecule has 1 saturated heterocycles. The van der Waals surface area contributed by atoms with Gasteiger partial charge in [0.25, 0.3) is 0 Å². The summed E-state index contributed by atoms with van der Waals surface area (Å²) in [5, 5.41) is 7.13. The minimum atomic E-state index is 0.579. The lowest BCUT2D eigenvalue weighted by Gasteiger charge is -2.32. The Morgan fingerprint density at radius 2 is 2.32 bits per heavy atom. The maximum absolute atomic E-state index is 4.70. The molecule has 0 aliphatic carbocycles. The highest BCUT2D eigenvalue weighted by Gasteiger charge is 2.19. The highest BCUT2D eigenvalue weighted by atomic mass is 32.1. The number of hydrogen-bond acceptors (Lipinski definition) is 4. The van der Waals surface area contributed by atoms with Crippen molar-refractivity contribution in [2.24, 2.45) is 0 Å². The molecule has 0 spiro atoms. The third-order valence-corrected chi connectivity index (χ3v) is 4.91. The molecule has 1 N–H and O–H groups in total. The smallest absolute Gasteiger partial charge is 0.0926 e. The molecular formula is C15H27N3S. The fourth-order valence-electron chi connectivity index (χ4n) is 2.61. The van der Waals surface area contributed by atoms with E-state index in [-0.39, 0.29) is 0 Å². The fourth-order valence-corrected chi connectivity index (χ4v) is 3.35. The molecule has 0 amide bonds. The van der Waals surface area contributed by atoms with E-state index in [1.807, 2.05) is 0 Å². The summed E-state index contributed by atoms with van der Waals surface area (Å²) >= 11 is 1.80. The zero-order valence-corrected chi connectivity index (χ0v) is 13.3. The van der Waals surface area contributed by atoms with Gasteiger partial charge in [-0.1, -0.05) is 13.3 Å². The Bertz CT molecular complexity index is 369. The standard InChI is InChI=1S/C15H27N3S/c1-4-15-17-14(11-19-15)10-18(12(2)3)9-13-7-5-6-8-16-13/h11-13,16H,4-10H2,1-3H3. The van der Waals surface area contributed by atoms with Crippen LogP contribution in [0.5, 0.6) is 0 Å². The molecule has 2 rings (SSSR count). The predicted molar refractivity (Wildman–Crippen MR) is 82.7 cm³/mol. The van der Waals surface area contributed by atoms with Crippen LogP contribution < -0.4 is 5.32 Å². The van der Waals surface area contributed by atoms with Crippen molar-refractivity contribution in [1.82, 2.24) is 15.2 Å². The average molecular weight is 281 g/mol. The molecule has 1 fully saturated rings. The molecule has 1 aliphatic heterocycles. The summed E-state index contributed by atoms with van der Waals surface area (Å²) in [4.78, 5) is 7.25. The summed E-state index contributed by atoms with van der Waals surface area (Å²) in [7, 11) is 0. The number of nitrogens with zero attached hydrogens (tertiary/aromatic N) is 2. The molecule has 0 radical (unpaired) electrons. The molecule has 4 heteroatoms. The van der Waals surface area contributed by atoms with Crippen molar-refractivity contribution in [3.63, 3.8) is 0 Å². The van der Waals surface area contributed by atoms with E-state index in [2.05, 4.69) is 36.4 Å². The number of aryl methyl sites for hydroxylation is 1. The largest absolute Gasteiger partial charge is 0.313 e. The van der Waals surface area contributed by atoms with Gasteiger partial charge in [0.2, 0.25) is 0 Å². The molecular weight excluding hydrogens is 254 g/mol. The van der Waals surface area contributed by atoms with E-state index in [0.717, 1.165) is 19.5 Å². The first-order chi connectivity index (χ1) is 9.19. The lowest BCUT2D eigenvalue weighted by molar-refractivity contribution is 0.175. The van der Waals surface area contributed by atoms with Crippen LogP contribution in [0.3, 0.4) is 0 Å². The van der Waals surface area contributed by atoms with E-state index in [9.17, 15) is 0 Å². The number of nitrogens with one attached hydrogen (secondary N) is 1. The lowest BCUT2D eigenvalue weighted by atomic mass is 10.0. The summed E-state index contributed by atoms with van der Waals surface area (Å²) < 4.78 is 0. The molecule has 0 bridgehead atoms. The van der Waals surface area contributed by atoms with Gasteiger partial charge in [-0.3, -0.25) is 4.90 Å². The van der Waals surface area contributed by atoms with Crippen LogP contribution >= 0.6 is 11.3 Å². The number of thiazole rings is 1. The molecule has 0 saturated carbocycles. The molecule has 1 aromatic rings. The predicted octanol–water partition coefficient (Wildman–Crippen LogP) is 3.06. The van der Waals surface area contributed by atoms with Gasteiger partial charge in [0.15, 0.2) is 0 Å². The topological polar surface area (TPSA) is 28.2 Å². The quantitative estimate of drug-likeness (QED) is 0.868. The molecule has 1 unspecified atom stereocenters. The Balaban J connectivity index is 1.91. The van der Waals surface area contributed by atoms with Gasteiger partial charge in [0.05, 0.1) is 10.7 Å². The van der Waals surface area contributed by atoms with Crippen LogP contribution in [0.4, 0.5) is 0 Å². The molecule has 1 aromatic heterocycles. The maximum atomic E-state index is 4.70. The van der Waals surface area contributed by atoms with Gasteiger partial charge in [-0.05, 0) is 39.7 Å². The van der Waals surface area contributed by atoms with Crippen LogP contribution in [0.15, 0.2) is 5.38 Å². The Hall–Kier alpha value is -0.450. The Morgan fingerprint density at radius 3 is 2.89 bits per heavy atom. The zero-order chi connectivity index (χ0) is 13.7. The Morgan fingerprint density at radius 1 is 1.47 bits per heavy atom. The van der Waals surface area contributed by atoms with Crippen LogP contribution in [-0.4, -0.2) is 35.1 Å².